The zero-order valence-corrected chi connectivity index (χ0v) is 46.1. The number of aliphatic hydroxyl groups excluding tert-OH is 1. The molecule has 3 aromatic rings. The Hall–Kier alpha value is -3.68. The van der Waals surface area contributed by atoms with Gasteiger partial charge in [-0.25, -0.2) is 0 Å². The number of hydrogen-bond acceptors (Lipinski definition) is 13. The maximum Gasteiger partial charge on any atom is 0.307 e. The molecule has 0 aromatic carbocycles. The van der Waals surface area contributed by atoms with Gasteiger partial charge in [-0.1, -0.05) is 62.3 Å². The monoisotopic (exact) mass is 994 g/mol. The van der Waals surface area contributed by atoms with Crippen molar-refractivity contribution in [2.75, 3.05) is 0 Å². The summed E-state index contributed by atoms with van der Waals surface area (Å²) < 4.78 is 22.8. The van der Waals surface area contributed by atoms with E-state index < -0.39 is 39.7 Å². The molecule has 67 heavy (non-hydrogen) atoms. The number of nitrogens with zero attached hydrogens (tertiary/aromatic N) is 8. The van der Waals surface area contributed by atoms with Gasteiger partial charge in [0.05, 0.1) is 39.2 Å². The first-order valence-electron chi connectivity index (χ1n) is 23.9. The van der Waals surface area contributed by atoms with Crippen LogP contribution in [0.1, 0.15) is 151 Å². The van der Waals surface area contributed by atoms with E-state index in [2.05, 4.69) is 122 Å². The molecular formula is C45H83N9O10Si3. The Labute approximate surface area is 401 Å². The second-order valence-corrected chi connectivity index (χ2v) is 37.3. The van der Waals surface area contributed by atoms with Gasteiger partial charge in [0, 0.05) is 18.3 Å². The number of aliphatic hydroxyl groups is 1. The molecule has 3 aliphatic carbocycles. The lowest BCUT2D eigenvalue weighted by molar-refractivity contribution is -0.385. The maximum absolute atomic E-state index is 10.8. The van der Waals surface area contributed by atoms with Crippen molar-refractivity contribution in [1.82, 2.24) is 29.8 Å². The molecule has 3 aliphatic rings. The molecule has 0 amide bonds. The van der Waals surface area contributed by atoms with Crippen LogP contribution in [0.25, 0.3) is 0 Å². The molecule has 6 rings (SSSR count). The van der Waals surface area contributed by atoms with E-state index in [0.717, 1.165) is 83.2 Å². The standard InChI is InChI=1S/2C15H27N3O3Si.C12H26O2Si.C3H3N3O2/c2*1-15(2,3)22(4,5)21-14-8-6-7-12(9-14)17-11-13(10-16-17)18(19)20;1-12(2,3)15(4,5)14-11-8-6-7-10(13)9-11;7-6(8)3-1-4-5-2-3/h2*10-12,14H,6-9H2,1-5H3;10-11,13H,6-9H2,1-5H3;1-2H,(H,4,5)/t2*12?,14-;;/m10../s1. The van der Waals surface area contributed by atoms with Crippen LogP contribution in [0.4, 0.5) is 17.1 Å². The summed E-state index contributed by atoms with van der Waals surface area (Å²) >= 11 is 0. The second kappa shape index (κ2) is 23.8. The van der Waals surface area contributed by atoms with Gasteiger partial charge in [0.1, 0.15) is 31.0 Å². The third kappa shape index (κ3) is 17.7. The van der Waals surface area contributed by atoms with E-state index >= 15 is 0 Å². The molecule has 22 heteroatoms. The predicted octanol–water partition coefficient (Wildman–Crippen LogP) is 12.2. The smallest absolute Gasteiger partial charge is 0.307 e. The van der Waals surface area contributed by atoms with E-state index in [4.69, 9.17) is 13.3 Å². The summed E-state index contributed by atoms with van der Waals surface area (Å²) in [5.74, 6) is 0. The summed E-state index contributed by atoms with van der Waals surface area (Å²) in [6, 6.07) is 0.412. The van der Waals surface area contributed by atoms with Crippen molar-refractivity contribution in [2.45, 2.75) is 230 Å². The van der Waals surface area contributed by atoms with E-state index in [0.29, 0.717) is 6.10 Å². The highest BCUT2D eigenvalue weighted by Gasteiger charge is 2.42. The lowest BCUT2D eigenvalue weighted by Crippen LogP contribution is -2.45. The van der Waals surface area contributed by atoms with Gasteiger partial charge in [0.25, 0.3) is 0 Å². The summed E-state index contributed by atoms with van der Waals surface area (Å²) in [5, 5.41) is 55.7. The van der Waals surface area contributed by atoms with Crippen molar-refractivity contribution >= 4 is 42.0 Å². The molecule has 4 unspecified atom stereocenters. The summed E-state index contributed by atoms with van der Waals surface area (Å²) in [6.45, 7) is 33.9. The van der Waals surface area contributed by atoms with Gasteiger partial charge in [0.2, 0.25) is 0 Å². The number of nitro groups is 3. The second-order valence-electron chi connectivity index (χ2n) is 23.0. The van der Waals surface area contributed by atoms with Gasteiger partial charge >= 0.3 is 17.1 Å². The first-order chi connectivity index (χ1) is 30.7. The summed E-state index contributed by atoms with van der Waals surface area (Å²) in [5.41, 5.74) is 0.116. The molecule has 3 aromatic heterocycles. The van der Waals surface area contributed by atoms with Crippen molar-refractivity contribution in [3.8, 4) is 0 Å². The average molecular weight is 994 g/mol. The molecule has 0 bridgehead atoms. The fraction of sp³-hybridized carbons (Fsp3) is 0.800. The molecule has 3 heterocycles. The molecule has 6 atom stereocenters. The van der Waals surface area contributed by atoms with Crippen molar-refractivity contribution in [3.63, 3.8) is 0 Å². The molecule has 0 spiro atoms. The van der Waals surface area contributed by atoms with Gasteiger partial charge in [-0.15, -0.1) is 0 Å². The highest BCUT2D eigenvalue weighted by atomic mass is 28.4. The van der Waals surface area contributed by atoms with Crippen molar-refractivity contribution in [1.29, 1.82) is 0 Å². The fourth-order valence-corrected chi connectivity index (χ4v) is 11.7. The van der Waals surface area contributed by atoms with E-state index in [1.54, 1.807) is 21.8 Å². The lowest BCUT2D eigenvalue weighted by atomic mass is 9.93. The van der Waals surface area contributed by atoms with Crippen LogP contribution in [0.2, 0.25) is 54.4 Å². The minimum Gasteiger partial charge on any atom is -0.414 e. The van der Waals surface area contributed by atoms with Crippen LogP contribution in [0, 0.1) is 30.3 Å². The highest BCUT2D eigenvalue weighted by Crippen LogP contribution is 2.43. The molecular weight excluding hydrogens is 911 g/mol. The Morgan fingerprint density at radius 2 is 0.910 bits per heavy atom. The average Bonchev–Trinajstić information content (AvgIpc) is 4.01. The van der Waals surface area contributed by atoms with Gasteiger partial charge in [-0.05, 0) is 131 Å². The number of H-pyrrole nitrogens is 1. The molecule has 0 radical (unpaired) electrons. The summed E-state index contributed by atoms with van der Waals surface area (Å²) in [4.78, 5) is 30.1. The minimum atomic E-state index is -1.77. The molecule has 19 nitrogen and oxygen atoms in total. The Balaban J connectivity index is 0.000000249. The number of nitrogens with one attached hydrogen (secondary N) is 1. The highest BCUT2D eigenvalue weighted by molar-refractivity contribution is 6.75. The SMILES string of the molecule is CC(C)(C)[Si](C)(C)OC1CCCC(O)C1.CC(C)(C)[Si](C)(C)O[C@@H]1CCCC(n2cc([N+](=O)[O-])cn2)C1.CC(C)(C)[Si](C)(C)O[C@H]1CCCC(n2cc([N+](=O)[O-])cn2)C1.O=[N+]([O-])c1cn[nH]c1. The van der Waals surface area contributed by atoms with Crippen LogP contribution in [0.5, 0.6) is 0 Å². The van der Waals surface area contributed by atoms with E-state index in [1.807, 2.05) is 0 Å². The maximum atomic E-state index is 10.8. The minimum absolute atomic E-state index is 0.00926. The van der Waals surface area contributed by atoms with Crippen molar-refractivity contribution in [2.24, 2.45) is 0 Å². The summed E-state index contributed by atoms with van der Waals surface area (Å²) in [6.07, 6.45) is 20.9. The molecule has 380 valence electrons. The number of rotatable bonds is 11. The molecule has 3 fully saturated rings. The third-order valence-corrected chi connectivity index (χ3v) is 28.2. The van der Waals surface area contributed by atoms with E-state index in [1.165, 1.54) is 18.6 Å². The van der Waals surface area contributed by atoms with Crippen LogP contribution in [0.3, 0.4) is 0 Å². The zero-order chi connectivity index (χ0) is 50.8. The number of aromatic nitrogens is 6. The Kier molecular flexibility index (Phi) is 20.4. The van der Waals surface area contributed by atoms with E-state index in [9.17, 15) is 35.4 Å². The fourth-order valence-electron chi connectivity index (χ4n) is 7.53. The molecule has 0 aliphatic heterocycles. The lowest BCUT2D eigenvalue weighted by Gasteiger charge is -2.41. The van der Waals surface area contributed by atoms with Gasteiger partial charge in [-0.2, -0.15) is 15.3 Å². The van der Waals surface area contributed by atoms with Crippen LogP contribution in [-0.2, 0) is 13.3 Å². The largest absolute Gasteiger partial charge is 0.414 e. The topological polar surface area (TPSA) is 242 Å². The third-order valence-electron chi connectivity index (χ3n) is 14.6. The normalized spacial score (nSPS) is 23.0. The Bertz CT molecular complexity index is 1910. The number of aromatic amines is 1. The number of hydrogen-bond donors (Lipinski definition) is 2. The Morgan fingerprint density at radius 3 is 1.18 bits per heavy atom. The van der Waals surface area contributed by atoms with Gasteiger partial charge in [0.15, 0.2) is 25.0 Å². The molecule has 2 N–H and O–H groups in total. The van der Waals surface area contributed by atoms with Crippen LogP contribution >= 0.6 is 0 Å². The molecule has 0 saturated heterocycles. The van der Waals surface area contributed by atoms with E-state index in [-0.39, 0.29) is 62.6 Å². The van der Waals surface area contributed by atoms with Crippen LogP contribution in [-0.4, -0.2) is 99.0 Å². The Morgan fingerprint density at radius 1 is 0.567 bits per heavy atom. The zero-order valence-electron chi connectivity index (χ0n) is 43.1. The first kappa shape index (κ1) is 57.6. The van der Waals surface area contributed by atoms with Crippen LogP contribution in [0.15, 0.2) is 37.2 Å². The van der Waals surface area contributed by atoms with Crippen molar-refractivity contribution < 1.29 is 33.2 Å². The quantitative estimate of drug-likeness (QED) is 0.103. The van der Waals surface area contributed by atoms with Crippen molar-refractivity contribution in [3.05, 3.63) is 67.5 Å². The van der Waals surface area contributed by atoms with Gasteiger partial charge in [-0.3, -0.25) is 44.8 Å². The molecule has 3 saturated carbocycles. The van der Waals surface area contributed by atoms with Gasteiger partial charge < -0.3 is 18.4 Å². The van der Waals surface area contributed by atoms with Crippen LogP contribution < -0.4 is 0 Å². The first-order valence-corrected chi connectivity index (χ1v) is 32.7. The summed E-state index contributed by atoms with van der Waals surface area (Å²) in [7, 11) is -5.18. The predicted molar refractivity (Wildman–Crippen MR) is 269 cm³/mol.